The lowest BCUT2D eigenvalue weighted by Gasteiger charge is -2.17. The first-order valence-electron chi connectivity index (χ1n) is 6.18. The molecule has 0 aliphatic rings. The number of carboxylic acids is 1. The molecule has 2 rings (SSSR count). The van der Waals surface area contributed by atoms with Crippen molar-refractivity contribution in [2.24, 2.45) is 0 Å². The van der Waals surface area contributed by atoms with Crippen molar-refractivity contribution in [3.8, 4) is 0 Å². The topological polar surface area (TPSA) is 112 Å². The van der Waals surface area contributed by atoms with Gasteiger partial charge in [-0.05, 0) is 5.56 Å². The van der Waals surface area contributed by atoms with Gasteiger partial charge in [0.1, 0.15) is 5.69 Å². The van der Waals surface area contributed by atoms with Crippen LogP contribution in [0.25, 0.3) is 0 Å². The van der Waals surface area contributed by atoms with Crippen molar-refractivity contribution in [3.05, 3.63) is 64.3 Å². The van der Waals surface area contributed by atoms with E-state index >= 15 is 0 Å². The lowest BCUT2D eigenvalue weighted by Crippen LogP contribution is -2.31. The molecule has 1 atom stereocenters. The maximum Gasteiger partial charge on any atom is 0.305 e. The molecule has 0 aliphatic carbocycles. The quantitative estimate of drug-likeness (QED) is 0.750. The van der Waals surface area contributed by atoms with Crippen molar-refractivity contribution in [3.63, 3.8) is 0 Å². The summed E-state index contributed by atoms with van der Waals surface area (Å²) >= 11 is 0. The van der Waals surface area contributed by atoms with Gasteiger partial charge in [0, 0.05) is 6.20 Å². The number of aliphatic carboxylic acids is 1. The number of carboxylic acid groups (broad SMARTS) is 1. The van der Waals surface area contributed by atoms with Crippen molar-refractivity contribution in [2.75, 3.05) is 0 Å². The van der Waals surface area contributed by atoms with Crippen molar-refractivity contribution < 1.29 is 14.7 Å². The Morgan fingerprint density at radius 1 is 1.29 bits per heavy atom. The van der Waals surface area contributed by atoms with Crippen LogP contribution in [0.5, 0.6) is 0 Å². The van der Waals surface area contributed by atoms with Crippen LogP contribution in [0.3, 0.4) is 0 Å². The number of amides is 1. The minimum absolute atomic E-state index is 0.0147. The molecule has 7 heteroatoms. The van der Waals surface area contributed by atoms with Crippen LogP contribution in [-0.2, 0) is 4.79 Å². The number of H-pyrrole nitrogens is 1. The molecule has 2 aromatic rings. The summed E-state index contributed by atoms with van der Waals surface area (Å²) in [5, 5.41) is 11.5. The third-order valence-corrected chi connectivity index (χ3v) is 2.79. The molecular formula is C14H13N3O4. The summed E-state index contributed by atoms with van der Waals surface area (Å²) in [5.41, 5.74) is 0.273. The highest BCUT2D eigenvalue weighted by atomic mass is 16.4. The molecule has 0 spiro atoms. The first kappa shape index (κ1) is 14.4. The van der Waals surface area contributed by atoms with Gasteiger partial charge in [-0.25, -0.2) is 4.98 Å². The normalized spacial score (nSPS) is 11.6. The molecule has 0 radical (unpaired) electrons. The van der Waals surface area contributed by atoms with Gasteiger partial charge >= 0.3 is 5.97 Å². The fourth-order valence-corrected chi connectivity index (χ4v) is 1.81. The molecule has 0 saturated heterocycles. The highest BCUT2D eigenvalue weighted by Crippen LogP contribution is 2.16. The maximum atomic E-state index is 12.0. The van der Waals surface area contributed by atoms with Gasteiger partial charge in [-0.1, -0.05) is 30.3 Å². The maximum absolute atomic E-state index is 12.0. The number of aromatic amines is 1. The van der Waals surface area contributed by atoms with Gasteiger partial charge in [-0.2, -0.15) is 0 Å². The molecule has 7 nitrogen and oxygen atoms in total. The van der Waals surface area contributed by atoms with Gasteiger partial charge < -0.3 is 15.4 Å². The predicted molar refractivity (Wildman–Crippen MR) is 73.8 cm³/mol. The third-order valence-electron chi connectivity index (χ3n) is 2.79. The predicted octanol–water partition coefficient (Wildman–Crippen LogP) is 0.716. The van der Waals surface area contributed by atoms with E-state index in [1.165, 1.54) is 6.20 Å². The number of hydrogen-bond acceptors (Lipinski definition) is 4. The third kappa shape index (κ3) is 4.00. The Morgan fingerprint density at radius 3 is 2.57 bits per heavy atom. The Hall–Kier alpha value is -2.96. The largest absolute Gasteiger partial charge is 0.481 e. The van der Waals surface area contributed by atoms with Gasteiger partial charge in [-0.3, -0.25) is 14.4 Å². The Labute approximate surface area is 119 Å². The van der Waals surface area contributed by atoms with E-state index in [1.54, 1.807) is 30.3 Å². The molecule has 0 aliphatic heterocycles. The van der Waals surface area contributed by atoms with Gasteiger partial charge in [0.2, 0.25) is 0 Å². The van der Waals surface area contributed by atoms with E-state index in [4.69, 9.17) is 5.11 Å². The minimum atomic E-state index is -1.03. The van der Waals surface area contributed by atoms with Gasteiger partial charge in [-0.15, -0.1) is 0 Å². The Kier molecular flexibility index (Phi) is 4.45. The van der Waals surface area contributed by atoms with Crippen LogP contribution in [0, 0.1) is 0 Å². The van der Waals surface area contributed by atoms with Crippen LogP contribution in [0.1, 0.15) is 28.5 Å². The number of aromatic nitrogens is 2. The lowest BCUT2D eigenvalue weighted by molar-refractivity contribution is -0.137. The Balaban J connectivity index is 2.18. The average Bonchev–Trinajstić information content (AvgIpc) is 2.47. The van der Waals surface area contributed by atoms with Gasteiger partial charge in [0.25, 0.3) is 11.5 Å². The molecule has 3 N–H and O–H groups in total. The summed E-state index contributed by atoms with van der Waals surface area (Å²) in [6, 6.07) is 8.10. The summed E-state index contributed by atoms with van der Waals surface area (Å²) in [7, 11) is 0. The monoisotopic (exact) mass is 287 g/mol. The van der Waals surface area contributed by atoms with Crippen molar-refractivity contribution >= 4 is 11.9 Å². The highest BCUT2D eigenvalue weighted by molar-refractivity contribution is 5.92. The molecule has 0 fully saturated rings. The molecule has 1 heterocycles. The Morgan fingerprint density at radius 2 is 2.00 bits per heavy atom. The summed E-state index contributed by atoms with van der Waals surface area (Å²) in [6.07, 6.45) is 1.92. The van der Waals surface area contributed by atoms with E-state index in [1.807, 2.05) is 0 Å². The minimum Gasteiger partial charge on any atom is -0.481 e. The number of nitrogens with zero attached hydrogens (tertiary/aromatic N) is 1. The van der Waals surface area contributed by atoms with E-state index in [0.717, 1.165) is 6.20 Å². The molecule has 1 aromatic heterocycles. The fraction of sp³-hybridized carbons (Fsp3) is 0.143. The van der Waals surface area contributed by atoms with Crippen LogP contribution >= 0.6 is 0 Å². The van der Waals surface area contributed by atoms with Crippen molar-refractivity contribution in [1.82, 2.24) is 15.3 Å². The fourth-order valence-electron chi connectivity index (χ4n) is 1.81. The SMILES string of the molecule is O=C(O)CC(NC(=O)c1c[nH]c(=O)cn1)c1ccccc1. The molecule has 0 bridgehead atoms. The molecule has 1 unspecified atom stereocenters. The van der Waals surface area contributed by atoms with Crippen LogP contribution in [0.2, 0.25) is 0 Å². The first-order chi connectivity index (χ1) is 10.1. The van der Waals surface area contributed by atoms with E-state index in [2.05, 4.69) is 15.3 Å². The van der Waals surface area contributed by atoms with Crippen LogP contribution in [-0.4, -0.2) is 27.0 Å². The number of rotatable bonds is 5. The zero-order chi connectivity index (χ0) is 15.2. The molecule has 0 saturated carbocycles. The zero-order valence-corrected chi connectivity index (χ0v) is 10.9. The number of benzene rings is 1. The summed E-state index contributed by atoms with van der Waals surface area (Å²) in [4.78, 5) is 39.9. The summed E-state index contributed by atoms with van der Waals surface area (Å²) in [5.74, 6) is -1.58. The molecule has 21 heavy (non-hydrogen) atoms. The smallest absolute Gasteiger partial charge is 0.305 e. The number of nitrogens with one attached hydrogen (secondary N) is 2. The number of carbonyl (C=O) groups is 2. The number of hydrogen-bond donors (Lipinski definition) is 3. The van der Waals surface area contributed by atoms with Crippen molar-refractivity contribution in [1.29, 1.82) is 0 Å². The highest BCUT2D eigenvalue weighted by Gasteiger charge is 2.19. The molecular weight excluding hydrogens is 274 g/mol. The second kappa shape index (κ2) is 6.47. The molecule has 108 valence electrons. The van der Waals surface area contributed by atoms with Gasteiger partial charge in [0.05, 0.1) is 18.7 Å². The standard InChI is InChI=1S/C14H13N3O4/c18-12-8-15-11(7-16-12)14(21)17-10(6-13(19)20)9-4-2-1-3-5-9/h1-5,7-8,10H,6H2,(H,16,18)(H,17,21)(H,19,20). The van der Waals surface area contributed by atoms with Crippen LogP contribution in [0.4, 0.5) is 0 Å². The second-order valence-corrected chi connectivity index (χ2v) is 4.33. The number of carbonyl (C=O) groups excluding carboxylic acids is 1. The van der Waals surface area contributed by atoms with Crippen LogP contribution < -0.4 is 10.9 Å². The molecule has 1 aromatic carbocycles. The summed E-state index contributed by atoms with van der Waals surface area (Å²) in [6.45, 7) is 0. The summed E-state index contributed by atoms with van der Waals surface area (Å²) < 4.78 is 0. The van der Waals surface area contributed by atoms with Crippen molar-refractivity contribution in [2.45, 2.75) is 12.5 Å². The van der Waals surface area contributed by atoms with Crippen LogP contribution in [0.15, 0.2) is 47.5 Å². The van der Waals surface area contributed by atoms with E-state index in [-0.39, 0.29) is 12.1 Å². The first-order valence-corrected chi connectivity index (χ1v) is 6.18. The Bertz CT molecular complexity index is 676. The molecule has 1 amide bonds. The van der Waals surface area contributed by atoms with E-state index in [9.17, 15) is 14.4 Å². The van der Waals surface area contributed by atoms with Gasteiger partial charge in [0.15, 0.2) is 0 Å². The lowest BCUT2D eigenvalue weighted by atomic mass is 10.0. The zero-order valence-electron chi connectivity index (χ0n) is 10.9. The average molecular weight is 287 g/mol. The second-order valence-electron chi connectivity index (χ2n) is 4.33. The van der Waals surface area contributed by atoms with E-state index in [0.29, 0.717) is 5.56 Å². The van der Waals surface area contributed by atoms with E-state index < -0.39 is 23.5 Å².